The maximum absolute atomic E-state index is 11.6. The molecule has 0 aliphatic carbocycles. The minimum atomic E-state index is -0.182. The van der Waals surface area contributed by atoms with Crippen LogP contribution in [-0.4, -0.2) is 62.2 Å². The lowest BCUT2D eigenvalue weighted by atomic mass is 10.2. The first-order chi connectivity index (χ1) is 13.2. The molecule has 0 radical (unpaired) electrons. The number of aromatic nitrogens is 2. The van der Waals surface area contributed by atoms with Gasteiger partial charge in [0, 0.05) is 43.3 Å². The van der Waals surface area contributed by atoms with Gasteiger partial charge in [0.05, 0.1) is 18.9 Å². The van der Waals surface area contributed by atoms with Crippen LogP contribution in [0, 0.1) is 0 Å². The summed E-state index contributed by atoms with van der Waals surface area (Å²) in [5, 5.41) is 2.79. The van der Waals surface area contributed by atoms with Crippen molar-refractivity contribution in [2.45, 2.75) is 5.75 Å². The zero-order valence-corrected chi connectivity index (χ0v) is 16.4. The number of hydrogen-bond donors (Lipinski definition) is 1. The predicted octanol–water partition coefficient (Wildman–Crippen LogP) is 2.43. The molecule has 3 rings (SSSR count). The van der Waals surface area contributed by atoms with E-state index in [2.05, 4.69) is 22.5 Å². The summed E-state index contributed by atoms with van der Waals surface area (Å²) in [7, 11) is 1.49. The largest absolute Gasteiger partial charge is 0.378 e. The topological polar surface area (TPSA) is 76.6 Å². The Balaban J connectivity index is 1.83. The zero-order chi connectivity index (χ0) is 19.1. The number of rotatable bonds is 7. The lowest BCUT2D eigenvalue weighted by Gasteiger charge is -2.28. The molecule has 0 atom stereocenters. The summed E-state index contributed by atoms with van der Waals surface area (Å²) in [6.45, 7) is 3.13. The van der Waals surface area contributed by atoms with E-state index in [-0.39, 0.29) is 12.5 Å². The lowest BCUT2D eigenvalue weighted by Crippen LogP contribution is -2.37. The van der Waals surface area contributed by atoms with Gasteiger partial charge in [-0.1, -0.05) is 0 Å². The molecule has 1 saturated heterocycles. The smallest absolute Gasteiger partial charge is 0.250 e. The highest BCUT2D eigenvalue weighted by Gasteiger charge is 2.15. The lowest BCUT2D eigenvalue weighted by molar-refractivity contribution is -0.119. The number of morpholine rings is 1. The molecule has 1 aliphatic heterocycles. The number of thioether (sulfide) groups is 1. The van der Waals surface area contributed by atoms with Gasteiger partial charge in [0.25, 0.3) is 0 Å². The number of carbonyl (C=O) groups is 1. The van der Waals surface area contributed by atoms with Gasteiger partial charge < -0.3 is 19.7 Å². The Morgan fingerprint density at radius 1 is 1.26 bits per heavy atom. The van der Waals surface area contributed by atoms with E-state index in [9.17, 15) is 4.79 Å². The average molecular weight is 388 g/mol. The molecule has 0 saturated carbocycles. The third-order valence-corrected chi connectivity index (χ3v) is 4.68. The van der Waals surface area contributed by atoms with E-state index in [0.29, 0.717) is 19.0 Å². The molecule has 1 aliphatic rings. The standard InChI is InChI=1S/C19H24N4O3S/c1-25-12-18(24)20-15-5-3-14(4-6-15)19-21-16(13-27-2)11-17(22-19)23-7-9-26-10-8-23/h3-6,11H,7-10,12-13H2,1-2H3,(H,20,24). The van der Waals surface area contributed by atoms with Gasteiger partial charge in [-0.05, 0) is 30.5 Å². The Morgan fingerprint density at radius 2 is 2.00 bits per heavy atom. The van der Waals surface area contributed by atoms with Crippen LogP contribution in [0.4, 0.5) is 11.5 Å². The molecule has 1 fully saturated rings. The summed E-state index contributed by atoms with van der Waals surface area (Å²) in [5.74, 6) is 2.28. The molecule has 0 bridgehead atoms. The number of nitrogens with one attached hydrogen (secondary N) is 1. The fourth-order valence-corrected chi connectivity index (χ4v) is 3.26. The Hall–Kier alpha value is -2.16. The van der Waals surface area contributed by atoms with Crippen LogP contribution < -0.4 is 10.2 Å². The molecule has 0 spiro atoms. The molecule has 2 aromatic rings. The van der Waals surface area contributed by atoms with Crippen molar-refractivity contribution in [2.24, 2.45) is 0 Å². The van der Waals surface area contributed by atoms with Crippen LogP contribution in [0.3, 0.4) is 0 Å². The monoisotopic (exact) mass is 388 g/mol. The number of benzene rings is 1. The van der Waals surface area contributed by atoms with Gasteiger partial charge in [0.1, 0.15) is 12.4 Å². The van der Waals surface area contributed by atoms with E-state index in [1.54, 1.807) is 11.8 Å². The molecular formula is C19H24N4O3S. The van der Waals surface area contributed by atoms with Crippen LogP contribution in [0.5, 0.6) is 0 Å². The highest BCUT2D eigenvalue weighted by Crippen LogP contribution is 2.24. The van der Waals surface area contributed by atoms with Gasteiger partial charge in [-0.3, -0.25) is 4.79 Å². The van der Waals surface area contributed by atoms with Crippen molar-refractivity contribution < 1.29 is 14.3 Å². The van der Waals surface area contributed by atoms with Crippen LogP contribution in [-0.2, 0) is 20.0 Å². The third kappa shape index (κ3) is 5.41. The number of nitrogens with zero attached hydrogens (tertiary/aromatic N) is 3. The van der Waals surface area contributed by atoms with Gasteiger partial charge in [-0.2, -0.15) is 11.8 Å². The number of hydrogen-bond acceptors (Lipinski definition) is 7. The number of carbonyl (C=O) groups excluding carboxylic acids is 1. The first-order valence-corrected chi connectivity index (χ1v) is 10.2. The van der Waals surface area contributed by atoms with E-state index in [1.165, 1.54) is 7.11 Å². The summed E-state index contributed by atoms with van der Waals surface area (Å²) >= 11 is 1.74. The second kappa shape index (κ2) is 9.68. The SMILES string of the molecule is COCC(=O)Nc1ccc(-c2nc(CSC)cc(N3CCOCC3)n2)cc1. The molecule has 1 aromatic heterocycles. The van der Waals surface area contributed by atoms with E-state index < -0.39 is 0 Å². The van der Waals surface area contributed by atoms with Gasteiger partial charge in [-0.15, -0.1) is 0 Å². The first kappa shape index (κ1) is 19.6. The molecule has 0 unspecified atom stereocenters. The van der Waals surface area contributed by atoms with Crippen molar-refractivity contribution in [1.29, 1.82) is 0 Å². The molecule has 1 amide bonds. The van der Waals surface area contributed by atoms with Crippen molar-refractivity contribution in [3.63, 3.8) is 0 Å². The highest BCUT2D eigenvalue weighted by molar-refractivity contribution is 7.97. The average Bonchev–Trinajstić information content (AvgIpc) is 2.69. The van der Waals surface area contributed by atoms with Crippen LogP contribution in [0.15, 0.2) is 30.3 Å². The van der Waals surface area contributed by atoms with Crippen LogP contribution in [0.25, 0.3) is 11.4 Å². The number of ether oxygens (including phenoxy) is 2. The van der Waals surface area contributed by atoms with Gasteiger partial charge in [0.15, 0.2) is 5.82 Å². The summed E-state index contributed by atoms with van der Waals surface area (Å²) in [6.07, 6.45) is 2.06. The number of anilines is 2. The number of amides is 1. The summed E-state index contributed by atoms with van der Waals surface area (Å²) < 4.78 is 10.3. The van der Waals surface area contributed by atoms with Crippen LogP contribution in [0.1, 0.15) is 5.69 Å². The molecule has 1 N–H and O–H groups in total. The molecule has 144 valence electrons. The molecule has 8 heteroatoms. The summed E-state index contributed by atoms with van der Waals surface area (Å²) in [5.41, 5.74) is 2.64. The van der Waals surface area contributed by atoms with E-state index in [4.69, 9.17) is 19.4 Å². The van der Waals surface area contributed by atoms with E-state index in [0.717, 1.165) is 41.6 Å². The van der Waals surface area contributed by atoms with Crippen molar-refractivity contribution in [2.75, 3.05) is 56.5 Å². The van der Waals surface area contributed by atoms with Crippen LogP contribution >= 0.6 is 11.8 Å². The summed E-state index contributed by atoms with van der Waals surface area (Å²) in [6, 6.07) is 9.60. The third-order valence-electron chi connectivity index (χ3n) is 4.10. The highest BCUT2D eigenvalue weighted by atomic mass is 32.2. The zero-order valence-electron chi connectivity index (χ0n) is 15.6. The van der Waals surface area contributed by atoms with Gasteiger partial charge in [-0.25, -0.2) is 9.97 Å². The van der Waals surface area contributed by atoms with E-state index in [1.807, 2.05) is 24.3 Å². The van der Waals surface area contributed by atoms with Gasteiger partial charge in [0.2, 0.25) is 5.91 Å². The maximum atomic E-state index is 11.6. The molecule has 2 heterocycles. The second-order valence-corrected chi connectivity index (χ2v) is 7.00. The normalized spacial score (nSPS) is 14.2. The Kier molecular flexibility index (Phi) is 7.03. The van der Waals surface area contributed by atoms with Crippen molar-refractivity contribution in [3.05, 3.63) is 36.0 Å². The minimum Gasteiger partial charge on any atom is -0.378 e. The Labute approximate surface area is 163 Å². The second-order valence-electron chi connectivity index (χ2n) is 6.13. The Bertz CT molecular complexity index is 764. The summed E-state index contributed by atoms with van der Waals surface area (Å²) in [4.78, 5) is 23.3. The fourth-order valence-electron chi connectivity index (χ4n) is 2.82. The van der Waals surface area contributed by atoms with Crippen LogP contribution in [0.2, 0.25) is 0 Å². The maximum Gasteiger partial charge on any atom is 0.250 e. The van der Waals surface area contributed by atoms with Crippen molar-refractivity contribution >= 4 is 29.2 Å². The Morgan fingerprint density at radius 3 is 2.67 bits per heavy atom. The van der Waals surface area contributed by atoms with Crippen molar-refractivity contribution in [1.82, 2.24) is 9.97 Å². The first-order valence-electron chi connectivity index (χ1n) is 8.78. The number of methoxy groups -OCH3 is 1. The predicted molar refractivity (Wildman–Crippen MR) is 108 cm³/mol. The molecular weight excluding hydrogens is 364 g/mol. The van der Waals surface area contributed by atoms with E-state index >= 15 is 0 Å². The fraction of sp³-hybridized carbons (Fsp3) is 0.421. The molecule has 1 aromatic carbocycles. The van der Waals surface area contributed by atoms with Gasteiger partial charge >= 0.3 is 0 Å². The van der Waals surface area contributed by atoms with Crippen molar-refractivity contribution in [3.8, 4) is 11.4 Å². The molecule has 7 nitrogen and oxygen atoms in total. The minimum absolute atomic E-state index is 0.0322. The quantitative estimate of drug-likeness (QED) is 0.781. The molecule has 27 heavy (non-hydrogen) atoms.